The first kappa shape index (κ1) is 15.2. The van der Waals surface area contributed by atoms with E-state index in [1.54, 1.807) is 20.1 Å². The number of nitrogens with zero attached hydrogens (tertiary/aromatic N) is 4. The van der Waals surface area contributed by atoms with Gasteiger partial charge in [0.15, 0.2) is 5.16 Å². The van der Waals surface area contributed by atoms with Crippen molar-refractivity contribution in [2.45, 2.75) is 19.0 Å². The van der Waals surface area contributed by atoms with Crippen LogP contribution in [0.25, 0.3) is 5.78 Å². The van der Waals surface area contributed by atoms with E-state index < -0.39 is 13.2 Å². The largest absolute Gasteiger partial charge is 0.387 e. The first-order valence-corrected chi connectivity index (χ1v) is 8.61. The van der Waals surface area contributed by atoms with Gasteiger partial charge in [0, 0.05) is 0 Å². The number of rotatable bonds is 6. The van der Waals surface area contributed by atoms with Crippen LogP contribution in [0.5, 0.6) is 0 Å². The molecule has 0 atom stereocenters. The summed E-state index contributed by atoms with van der Waals surface area (Å²) in [6.07, 6.45) is 1.79. The number of aromatic amines is 1. The van der Waals surface area contributed by atoms with Crippen molar-refractivity contribution in [2.75, 3.05) is 19.5 Å². The summed E-state index contributed by atoms with van der Waals surface area (Å²) < 4.78 is 23.8. The highest BCUT2D eigenvalue weighted by atomic mass is 32.2. The molecule has 0 bridgehead atoms. The molecule has 20 heavy (non-hydrogen) atoms. The number of hydrogen-bond acceptors (Lipinski definition) is 8. The predicted molar refractivity (Wildman–Crippen MR) is 73.7 cm³/mol. The highest BCUT2D eigenvalue weighted by Gasteiger charge is 2.34. The summed E-state index contributed by atoms with van der Waals surface area (Å²) in [5, 5.41) is 10.7. The fourth-order valence-corrected chi connectivity index (χ4v) is 3.36. The number of thioether (sulfide) groups is 1. The quantitative estimate of drug-likeness (QED) is 0.602. The molecule has 0 aliphatic carbocycles. The zero-order valence-electron chi connectivity index (χ0n) is 11.2. The highest BCUT2D eigenvalue weighted by molar-refractivity contribution is 7.98. The smallest absolute Gasteiger partial charge is 0.304 e. The Balaban J connectivity index is 2.61. The molecule has 110 valence electrons. The fraction of sp³-hybridized carbons (Fsp3) is 0.556. The van der Waals surface area contributed by atoms with Crippen molar-refractivity contribution in [2.24, 2.45) is 0 Å². The molecule has 2 heterocycles. The molecule has 2 rings (SSSR count). The highest BCUT2D eigenvalue weighted by Crippen LogP contribution is 2.44. The molecule has 0 amide bonds. The molecule has 9 nitrogen and oxygen atoms in total. The Kier molecular flexibility index (Phi) is 4.59. The summed E-state index contributed by atoms with van der Waals surface area (Å²) in [5.41, 5.74) is -0.997. The molecular formula is C9H14N5O4PS. The molecule has 0 fully saturated rings. The van der Waals surface area contributed by atoms with Gasteiger partial charge in [0.05, 0.1) is 13.2 Å². The Bertz CT molecular complexity index is 704. The van der Waals surface area contributed by atoms with Crippen molar-refractivity contribution in [3.63, 3.8) is 0 Å². The molecule has 0 aliphatic heterocycles. The minimum atomic E-state index is -3.77. The van der Waals surface area contributed by atoms with Crippen molar-refractivity contribution in [3.05, 3.63) is 10.4 Å². The van der Waals surface area contributed by atoms with E-state index >= 15 is 0 Å². The van der Waals surface area contributed by atoms with Crippen LogP contribution in [0, 0.1) is 0 Å². The predicted octanol–water partition coefficient (Wildman–Crippen LogP) is 0.426. The second-order valence-corrected chi connectivity index (χ2v) is 6.26. The lowest BCUT2D eigenvalue weighted by Gasteiger charge is -2.14. The Labute approximate surface area is 118 Å². The van der Waals surface area contributed by atoms with Crippen LogP contribution in [0.4, 0.5) is 0 Å². The second kappa shape index (κ2) is 6.04. The minimum absolute atomic E-state index is 0.0997. The standard InChI is InChI=1S/C9H14N5O4PS/c1-4-17-19(16,18-5-2)6-7(15)14-8(12-11-6)10-9(13-14)20-3/h4-5H2,1-3H3,(H,10,12,13). The van der Waals surface area contributed by atoms with Crippen LogP contribution in [0.15, 0.2) is 9.95 Å². The molecular weight excluding hydrogens is 305 g/mol. The number of hydrogen-bond donors (Lipinski definition) is 1. The maximum atomic E-state index is 12.6. The summed E-state index contributed by atoms with van der Waals surface area (Å²) in [7, 11) is -3.77. The molecule has 0 unspecified atom stereocenters. The van der Waals surface area contributed by atoms with E-state index in [-0.39, 0.29) is 24.4 Å². The Morgan fingerprint density at radius 1 is 1.30 bits per heavy atom. The molecule has 0 spiro atoms. The van der Waals surface area contributed by atoms with Crippen molar-refractivity contribution in [3.8, 4) is 0 Å². The molecule has 0 saturated carbocycles. The topological polar surface area (TPSA) is 111 Å². The van der Waals surface area contributed by atoms with Gasteiger partial charge in [-0.05, 0) is 20.1 Å². The van der Waals surface area contributed by atoms with Crippen molar-refractivity contribution < 1.29 is 13.6 Å². The summed E-state index contributed by atoms with van der Waals surface area (Å²) in [4.78, 5) is 16.3. The van der Waals surface area contributed by atoms with E-state index in [4.69, 9.17) is 9.05 Å². The van der Waals surface area contributed by atoms with Crippen LogP contribution in [-0.4, -0.2) is 44.3 Å². The Morgan fingerprint density at radius 3 is 2.50 bits per heavy atom. The summed E-state index contributed by atoms with van der Waals surface area (Å²) in [6.45, 7) is 3.55. The minimum Gasteiger partial charge on any atom is -0.304 e. The van der Waals surface area contributed by atoms with Gasteiger partial charge in [-0.1, -0.05) is 11.8 Å². The lowest BCUT2D eigenvalue weighted by atomic mass is 10.8. The molecule has 0 aliphatic rings. The zero-order valence-corrected chi connectivity index (χ0v) is 12.9. The maximum Gasteiger partial charge on any atom is 0.387 e. The third kappa shape index (κ3) is 2.64. The summed E-state index contributed by atoms with van der Waals surface area (Å²) in [5.74, 6) is 0.0997. The van der Waals surface area contributed by atoms with Crippen LogP contribution in [0.3, 0.4) is 0 Å². The van der Waals surface area contributed by atoms with E-state index in [9.17, 15) is 9.36 Å². The first-order chi connectivity index (χ1) is 9.55. The van der Waals surface area contributed by atoms with Crippen LogP contribution in [0.2, 0.25) is 0 Å². The Hall–Kier alpha value is -1.22. The van der Waals surface area contributed by atoms with E-state index in [2.05, 4.69) is 20.3 Å². The molecule has 1 N–H and O–H groups in total. The average molecular weight is 319 g/mol. The monoisotopic (exact) mass is 319 g/mol. The van der Waals surface area contributed by atoms with Gasteiger partial charge in [0.1, 0.15) is 0 Å². The zero-order chi connectivity index (χ0) is 14.8. The lowest BCUT2D eigenvalue weighted by Crippen LogP contribution is -2.36. The molecule has 2 aromatic rings. The van der Waals surface area contributed by atoms with Crippen molar-refractivity contribution in [1.82, 2.24) is 24.8 Å². The first-order valence-electron chi connectivity index (χ1n) is 5.84. The average Bonchev–Trinajstić information content (AvgIpc) is 2.83. The van der Waals surface area contributed by atoms with Crippen LogP contribution < -0.4 is 11.0 Å². The van der Waals surface area contributed by atoms with Gasteiger partial charge >= 0.3 is 13.2 Å². The van der Waals surface area contributed by atoms with Crippen LogP contribution in [-0.2, 0) is 13.6 Å². The van der Waals surface area contributed by atoms with Gasteiger partial charge in [-0.2, -0.15) is 9.50 Å². The molecule has 2 aromatic heterocycles. The molecule has 0 radical (unpaired) electrons. The fourth-order valence-electron chi connectivity index (χ4n) is 1.52. The third-order valence-electron chi connectivity index (χ3n) is 2.29. The number of nitrogens with one attached hydrogen (secondary N) is 1. The number of aromatic nitrogens is 5. The molecule has 11 heteroatoms. The molecule has 0 aromatic carbocycles. The van der Waals surface area contributed by atoms with E-state index in [1.807, 2.05) is 0 Å². The summed E-state index contributed by atoms with van der Waals surface area (Å²) in [6, 6.07) is 0. The van der Waals surface area contributed by atoms with Crippen molar-refractivity contribution in [1.29, 1.82) is 0 Å². The SMILES string of the molecule is CCOP(=O)(OCC)c1nnc2nc(SC)[nH]n2c1=O. The van der Waals surface area contributed by atoms with Gasteiger partial charge in [0.2, 0.25) is 5.44 Å². The van der Waals surface area contributed by atoms with Gasteiger partial charge in [-0.25, -0.2) is 0 Å². The van der Waals surface area contributed by atoms with Gasteiger partial charge in [-0.3, -0.25) is 14.5 Å². The number of H-pyrrole nitrogens is 1. The summed E-state index contributed by atoms with van der Waals surface area (Å²) >= 11 is 1.31. The number of fused-ring (bicyclic) bond motifs is 1. The van der Waals surface area contributed by atoms with Gasteiger partial charge in [0.25, 0.3) is 5.78 Å². The normalized spacial score (nSPS) is 12.2. The van der Waals surface area contributed by atoms with Crippen LogP contribution in [0.1, 0.15) is 13.8 Å². The van der Waals surface area contributed by atoms with Crippen molar-refractivity contribution >= 4 is 30.6 Å². The van der Waals surface area contributed by atoms with E-state index in [0.29, 0.717) is 5.16 Å². The van der Waals surface area contributed by atoms with Gasteiger partial charge in [-0.15, -0.1) is 10.2 Å². The van der Waals surface area contributed by atoms with Crippen LogP contribution >= 0.6 is 19.4 Å². The molecule has 0 saturated heterocycles. The maximum absolute atomic E-state index is 12.6. The van der Waals surface area contributed by atoms with Gasteiger partial charge < -0.3 is 9.05 Å². The lowest BCUT2D eigenvalue weighted by molar-refractivity contribution is 0.228. The van der Waals surface area contributed by atoms with E-state index in [0.717, 1.165) is 4.52 Å². The second-order valence-electron chi connectivity index (χ2n) is 3.53. The Morgan fingerprint density at radius 2 is 1.95 bits per heavy atom. The third-order valence-corrected chi connectivity index (χ3v) is 4.85. The van der Waals surface area contributed by atoms with E-state index in [1.165, 1.54) is 11.8 Å².